The van der Waals surface area contributed by atoms with E-state index < -0.39 is 0 Å². The van der Waals surface area contributed by atoms with Crippen LogP contribution in [-0.4, -0.2) is 26.3 Å². The van der Waals surface area contributed by atoms with Gasteiger partial charge in [0.25, 0.3) is 0 Å². The first-order valence-electron chi connectivity index (χ1n) is 5.33. The molecule has 2 aromatic rings. The number of aromatic nitrogens is 4. The number of rotatable bonds is 5. The maximum Gasteiger partial charge on any atom is 0.191 e. The Hall–Kier alpha value is -0.630. The molecule has 2 N–H and O–H groups in total. The summed E-state index contributed by atoms with van der Waals surface area (Å²) in [4.78, 5) is 4.42. The third-order valence-corrected chi connectivity index (χ3v) is 4.47. The van der Waals surface area contributed by atoms with Crippen LogP contribution in [0.5, 0.6) is 0 Å². The summed E-state index contributed by atoms with van der Waals surface area (Å²) in [5, 5.41) is 12.4. The Labute approximate surface area is 121 Å². The van der Waals surface area contributed by atoms with E-state index in [-0.39, 0.29) is 12.4 Å². The molecule has 0 aromatic carbocycles. The molecule has 5 nitrogen and oxygen atoms in total. The van der Waals surface area contributed by atoms with Crippen LogP contribution in [-0.2, 0) is 19.2 Å². The summed E-state index contributed by atoms with van der Waals surface area (Å²) >= 11 is 3.34. The monoisotopic (exact) mass is 305 g/mol. The highest BCUT2D eigenvalue weighted by atomic mass is 35.5. The molecule has 18 heavy (non-hydrogen) atoms. The highest BCUT2D eigenvalue weighted by Crippen LogP contribution is 2.22. The lowest BCUT2D eigenvalue weighted by atomic mass is 10.4. The van der Waals surface area contributed by atoms with Gasteiger partial charge in [0.05, 0.1) is 5.75 Å². The van der Waals surface area contributed by atoms with Gasteiger partial charge >= 0.3 is 0 Å². The van der Waals surface area contributed by atoms with E-state index in [0.29, 0.717) is 6.54 Å². The first-order valence-corrected chi connectivity index (χ1v) is 7.19. The van der Waals surface area contributed by atoms with Crippen LogP contribution < -0.4 is 5.73 Å². The van der Waals surface area contributed by atoms with E-state index in [9.17, 15) is 0 Å². The van der Waals surface area contributed by atoms with Crippen molar-refractivity contribution in [2.45, 2.75) is 24.3 Å². The molecule has 2 aromatic heterocycles. The maximum atomic E-state index is 5.51. The Bertz CT molecular complexity index is 496. The maximum absolute atomic E-state index is 5.51. The van der Waals surface area contributed by atoms with Crippen molar-refractivity contribution >= 4 is 35.5 Å². The van der Waals surface area contributed by atoms with E-state index in [2.05, 4.69) is 20.6 Å². The Balaban J connectivity index is 0.00000162. The van der Waals surface area contributed by atoms with Crippen molar-refractivity contribution in [2.24, 2.45) is 12.8 Å². The van der Waals surface area contributed by atoms with Gasteiger partial charge in [-0.05, 0) is 13.5 Å². The number of hydrogen-bond acceptors (Lipinski definition) is 6. The van der Waals surface area contributed by atoms with Gasteiger partial charge in [0.1, 0.15) is 10.8 Å². The van der Waals surface area contributed by atoms with E-state index in [1.54, 1.807) is 23.1 Å². The molecule has 0 radical (unpaired) electrons. The molecular formula is C10H16ClN5S2. The van der Waals surface area contributed by atoms with Crippen molar-refractivity contribution in [2.75, 3.05) is 6.54 Å². The predicted molar refractivity (Wildman–Crippen MR) is 77.4 cm³/mol. The molecule has 2 rings (SSSR count). The van der Waals surface area contributed by atoms with Gasteiger partial charge in [-0.2, -0.15) is 0 Å². The van der Waals surface area contributed by atoms with E-state index >= 15 is 0 Å². The molecule has 2 heterocycles. The van der Waals surface area contributed by atoms with Crippen molar-refractivity contribution in [3.05, 3.63) is 21.9 Å². The fourth-order valence-electron chi connectivity index (χ4n) is 1.41. The molecule has 0 unspecified atom stereocenters. The number of thiazole rings is 1. The molecule has 0 amide bonds. The number of hydrogen-bond donors (Lipinski definition) is 1. The van der Waals surface area contributed by atoms with Crippen LogP contribution in [0.25, 0.3) is 0 Å². The van der Waals surface area contributed by atoms with Crippen molar-refractivity contribution in [3.8, 4) is 0 Å². The summed E-state index contributed by atoms with van der Waals surface area (Å²) in [6.07, 6.45) is 0.764. The SMILES string of the molecule is Cc1csc(CSc2nnc(CCN)n2C)n1.Cl. The van der Waals surface area contributed by atoms with Gasteiger partial charge in [0.2, 0.25) is 0 Å². The van der Waals surface area contributed by atoms with Gasteiger partial charge in [0, 0.05) is 24.5 Å². The van der Waals surface area contributed by atoms with Crippen LogP contribution in [0.1, 0.15) is 16.5 Å². The van der Waals surface area contributed by atoms with Gasteiger partial charge in [-0.1, -0.05) is 11.8 Å². The highest BCUT2D eigenvalue weighted by molar-refractivity contribution is 7.98. The Morgan fingerprint density at radius 1 is 1.44 bits per heavy atom. The number of nitrogens with zero attached hydrogens (tertiary/aromatic N) is 4. The van der Waals surface area contributed by atoms with Crippen LogP contribution in [0.2, 0.25) is 0 Å². The molecule has 0 aliphatic heterocycles. The molecular weight excluding hydrogens is 290 g/mol. The van der Waals surface area contributed by atoms with Crippen LogP contribution >= 0.6 is 35.5 Å². The molecule has 0 bridgehead atoms. The van der Waals surface area contributed by atoms with Crippen LogP contribution in [0, 0.1) is 6.92 Å². The summed E-state index contributed by atoms with van der Waals surface area (Å²) in [6, 6.07) is 0. The minimum Gasteiger partial charge on any atom is -0.330 e. The van der Waals surface area contributed by atoms with E-state index in [1.807, 2.05) is 18.5 Å². The van der Waals surface area contributed by atoms with Crippen LogP contribution in [0.4, 0.5) is 0 Å². The topological polar surface area (TPSA) is 69.6 Å². The zero-order valence-electron chi connectivity index (χ0n) is 10.3. The first-order chi connectivity index (χ1) is 8.20. The Kier molecular flexibility index (Phi) is 6.07. The number of nitrogens with two attached hydrogens (primary N) is 1. The number of thioether (sulfide) groups is 1. The van der Waals surface area contributed by atoms with E-state index in [1.165, 1.54) is 0 Å². The summed E-state index contributed by atoms with van der Waals surface area (Å²) < 4.78 is 2.00. The lowest BCUT2D eigenvalue weighted by molar-refractivity contribution is 0.727. The molecule has 0 saturated heterocycles. The van der Waals surface area contributed by atoms with Gasteiger partial charge in [-0.3, -0.25) is 0 Å². The first kappa shape index (κ1) is 15.4. The Morgan fingerprint density at radius 2 is 2.22 bits per heavy atom. The lowest BCUT2D eigenvalue weighted by Gasteiger charge is -2.01. The van der Waals surface area contributed by atoms with Gasteiger partial charge < -0.3 is 10.3 Å². The van der Waals surface area contributed by atoms with Crippen LogP contribution in [0.3, 0.4) is 0 Å². The standard InChI is InChI=1S/C10H15N5S2.ClH/c1-7-5-16-9(12-7)6-17-10-14-13-8(3-4-11)15(10)2;/h5H,3-4,6,11H2,1-2H3;1H. The van der Waals surface area contributed by atoms with Crippen molar-refractivity contribution in [3.63, 3.8) is 0 Å². The zero-order chi connectivity index (χ0) is 12.3. The normalized spacial score (nSPS) is 10.4. The predicted octanol–water partition coefficient (Wildman–Crippen LogP) is 1.80. The summed E-state index contributed by atoms with van der Waals surface area (Å²) in [5.74, 6) is 1.78. The molecule has 0 saturated carbocycles. The summed E-state index contributed by atoms with van der Waals surface area (Å²) in [7, 11) is 1.97. The third-order valence-electron chi connectivity index (χ3n) is 2.28. The fourth-order valence-corrected chi connectivity index (χ4v) is 3.13. The second-order valence-electron chi connectivity index (χ2n) is 3.67. The zero-order valence-corrected chi connectivity index (χ0v) is 12.7. The van der Waals surface area contributed by atoms with Gasteiger partial charge in [0.15, 0.2) is 5.16 Å². The second kappa shape index (κ2) is 7.08. The molecule has 0 spiro atoms. The quantitative estimate of drug-likeness (QED) is 0.853. The van der Waals surface area contributed by atoms with Crippen LogP contribution in [0.15, 0.2) is 10.5 Å². The average molecular weight is 306 g/mol. The fraction of sp³-hybridized carbons (Fsp3) is 0.500. The number of halogens is 1. The minimum absolute atomic E-state index is 0. The second-order valence-corrected chi connectivity index (χ2v) is 5.55. The molecule has 0 aliphatic carbocycles. The molecule has 100 valence electrons. The largest absolute Gasteiger partial charge is 0.330 e. The molecule has 0 fully saturated rings. The van der Waals surface area contributed by atoms with Crippen molar-refractivity contribution in [1.29, 1.82) is 0 Å². The average Bonchev–Trinajstić information content (AvgIpc) is 2.86. The lowest BCUT2D eigenvalue weighted by Crippen LogP contribution is -2.08. The Morgan fingerprint density at radius 3 is 2.83 bits per heavy atom. The summed E-state index contributed by atoms with van der Waals surface area (Å²) in [5.41, 5.74) is 6.59. The highest BCUT2D eigenvalue weighted by Gasteiger charge is 2.09. The molecule has 0 aliphatic rings. The van der Waals surface area contributed by atoms with Gasteiger partial charge in [-0.25, -0.2) is 4.98 Å². The molecule has 0 atom stereocenters. The van der Waals surface area contributed by atoms with Crippen molar-refractivity contribution < 1.29 is 0 Å². The number of aryl methyl sites for hydroxylation is 1. The van der Waals surface area contributed by atoms with E-state index in [0.717, 1.165) is 33.9 Å². The molecule has 8 heteroatoms. The van der Waals surface area contributed by atoms with E-state index in [4.69, 9.17) is 5.73 Å². The smallest absolute Gasteiger partial charge is 0.191 e. The van der Waals surface area contributed by atoms with Crippen molar-refractivity contribution in [1.82, 2.24) is 19.7 Å². The third kappa shape index (κ3) is 3.68. The van der Waals surface area contributed by atoms with Gasteiger partial charge in [-0.15, -0.1) is 33.9 Å². The summed E-state index contributed by atoms with van der Waals surface area (Å²) in [6.45, 7) is 2.61. The minimum atomic E-state index is 0.